The summed E-state index contributed by atoms with van der Waals surface area (Å²) in [5.41, 5.74) is 5.05. The second-order valence-electron chi connectivity index (χ2n) is 4.16. The predicted molar refractivity (Wildman–Crippen MR) is 70.4 cm³/mol. The fourth-order valence-electron chi connectivity index (χ4n) is 1.49. The van der Waals surface area contributed by atoms with Crippen LogP contribution in [0.5, 0.6) is 5.75 Å². The van der Waals surface area contributed by atoms with Crippen molar-refractivity contribution in [2.75, 3.05) is 13.2 Å². The summed E-state index contributed by atoms with van der Waals surface area (Å²) in [7, 11) is 0. The van der Waals surface area contributed by atoms with Crippen LogP contribution in [0.3, 0.4) is 0 Å². The van der Waals surface area contributed by atoms with E-state index in [1.54, 1.807) is 0 Å². The van der Waals surface area contributed by atoms with Crippen LogP contribution in [0, 0.1) is 0 Å². The molecule has 0 atom stereocenters. The molecule has 2 N–H and O–H groups in total. The smallest absolute Gasteiger partial charge is 0.326 e. The van der Waals surface area contributed by atoms with Crippen molar-refractivity contribution in [2.45, 2.75) is 32.2 Å². The predicted octanol–water partition coefficient (Wildman–Crippen LogP) is 2.13. The Hall–Kier alpha value is -1.55. The number of benzene rings is 1. The second-order valence-corrected chi connectivity index (χ2v) is 4.16. The molecule has 0 aliphatic rings. The number of esters is 1. The average Bonchev–Trinajstić information content (AvgIpc) is 2.43. The molecule has 0 radical (unpaired) electrons. The molecular weight excluding hydrogens is 230 g/mol. The fourth-order valence-corrected chi connectivity index (χ4v) is 1.49. The molecule has 0 saturated carbocycles. The van der Waals surface area contributed by atoms with E-state index in [2.05, 4.69) is 0 Å². The third-order valence-corrected chi connectivity index (χ3v) is 3.00. The highest BCUT2D eigenvalue weighted by atomic mass is 16.6. The highest BCUT2D eigenvalue weighted by Crippen LogP contribution is 2.13. The van der Waals surface area contributed by atoms with Crippen molar-refractivity contribution < 1.29 is 14.3 Å². The molecule has 0 saturated heterocycles. The van der Waals surface area contributed by atoms with E-state index in [0.29, 0.717) is 19.4 Å². The zero-order valence-corrected chi connectivity index (χ0v) is 11.0. The first-order chi connectivity index (χ1) is 8.62. The SMILES string of the molecule is CCC(N)(CC)C(=O)OCCOc1ccccc1. The Morgan fingerprint density at radius 2 is 1.78 bits per heavy atom. The normalized spacial score (nSPS) is 11.1. The number of hydrogen-bond acceptors (Lipinski definition) is 4. The molecule has 0 heterocycles. The minimum atomic E-state index is -0.868. The van der Waals surface area contributed by atoms with Gasteiger partial charge in [0.25, 0.3) is 0 Å². The van der Waals surface area contributed by atoms with Crippen LogP contribution in [-0.4, -0.2) is 24.7 Å². The first-order valence-electron chi connectivity index (χ1n) is 6.26. The third kappa shape index (κ3) is 4.04. The van der Waals surface area contributed by atoms with Gasteiger partial charge >= 0.3 is 5.97 Å². The van der Waals surface area contributed by atoms with Crippen molar-refractivity contribution in [3.63, 3.8) is 0 Å². The van der Waals surface area contributed by atoms with Gasteiger partial charge in [-0.3, -0.25) is 4.79 Å². The van der Waals surface area contributed by atoms with Crippen molar-refractivity contribution in [2.24, 2.45) is 5.73 Å². The molecule has 4 heteroatoms. The second kappa shape index (κ2) is 7.01. The third-order valence-electron chi connectivity index (χ3n) is 3.00. The van der Waals surface area contributed by atoms with Crippen molar-refractivity contribution in [3.05, 3.63) is 30.3 Å². The van der Waals surface area contributed by atoms with Crippen LogP contribution in [0.1, 0.15) is 26.7 Å². The highest BCUT2D eigenvalue weighted by Gasteiger charge is 2.31. The van der Waals surface area contributed by atoms with E-state index in [1.165, 1.54) is 0 Å². The summed E-state index contributed by atoms with van der Waals surface area (Å²) in [6, 6.07) is 9.40. The van der Waals surface area contributed by atoms with Crippen molar-refractivity contribution in [3.8, 4) is 5.75 Å². The van der Waals surface area contributed by atoms with Gasteiger partial charge in [-0.05, 0) is 25.0 Å². The standard InChI is InChI=1S/C14H21NO3/c1-3-14(15,4-2)13(16)18-11-10-17-12-8-6-5-7-9-12/h5-9H,3-4,10-11,15H2,1-2H3. The van der Waals surface area contributed by atoms with E-state index in [0.717, 1.165) is 5.75 Å². The van der Waals surface area contributed by atoms with Crippen LogP contribution in [0.2, 0.25) is 0 Å². The molecule has 0 fully saturated rings. The zero-order chi connectivity index (χ0) is 13.4. The molecule has 0 aliphatic carbocycles. The maximum Gasteiger partial charge on any atom is 0.326 e. The molecule has 0 aromatic heterocycles. The number of hydrogen-bond donors (Lipinski definition) is 1. The molecule has 1 rings (SSSR count). The maximum absolute atomic E-state index is 11.7. The maximum atomic E-state index is 11.7. The molecule has 0 unspecified atom stereocenters. The van der Waals surface area contributed by atoms with Crippen LogP contribution in [-0.2, 0) is 9.53 Å². The summed E-state index contributed by atoms with van der Waals surface area (Å²) in [6.07, 6.45) is 1.14. The summed E-state index contributed by atoms with van der Waals surface area (Å²) in [5.74, 6) is 0.405. The van der Waals surface area contributed by atoms with Gasteiger partial charge in [-0.2, -0.15) is 0 Å². The first kappa shape index (κ1) is 14.5. The monoisotopic (exact) mass is 251 g/mol. The molecule has 0 bridgehead atoms. The number of ether oxygens (including phenoxy) is 2. The van der Waals surface area contributed by atoms with Gasteiger partial charge in [0.1, 0.15) is 24.5 Å². The quantitative estimate of drug-likeness (QED) is 0.595. The van der Waals surface area contributed by atoms with E-state index in [9.17, 15) is 4.79 Å². The summed E-state index contributed by atoms with van der Waals surface area (Å²) in [5, 5.41) is 0. The Balaban J connectivity index is 2.28. The van der Waals surface area contributed by atoms with Crippen molar-refractivity contribution in [1.82, 2.24) is 0 Å². The minimum absolute atomic E-state index is 0.215. The molecule has 1 aromatic rings. The average molecular weight is 251 g/mol. The fraction of sp³-hybridized carbons (Fsp3) is 0.500. The number of carbonyl (C=O) groups is 1. The van der Waals surface area contributed by atoms with E-state index < -0.39 is 5.54 Å². The molecule has 18 heavy (non-hydrogen) atoms. The number of nitrogens with two attached hydrogens (primary N) is 1. The van der Waals surface area contributed by atoms with E-state index in [1.807, 2.05) is 44.2 Å². The molecule has 100 valence electrons. The number of para-hydroxylation sites is 1. The van der Waals surface area contributed by atoms with Crippen molar-refractivity contribution >= 4 is 5.97 Å². The Morgan fingerprint density at radius 1 is 1.17 bits per heavy atom. The van der Waals surface area contributed by atoms with Crippen LogP contribution in [0.4, 0.5) is 0 Å². The van der Waals surface area contributed by atoms with Gasteiger partial charge in [-0.25, -0.2) is 0 Å². The lowest BCUT2D eigenvalue weighted by Gasteiger charge is -2.23. The molecule has 4 nitrogen and oxygen atoms in total. The molecule has 0 aliphatic heterocycles. The first-order valence-corrected chi connectivity index (χ1v) is 6.26. The Morgan fingerprint density at radius 3 is 2.33 bits per heavy atom. The van der Waals surface area contributed by atoms with Crippen LogP contribution in [0.15, 0.2) is 30.3 Å². The lowest BCUT2D eigenvalue weighted by molar-refractivity contribution is -0.151. The Kier molecular flexibility index (Phi) is 5.65. The topological polar surface area (TPSA) is 61.6 Å². The van der Waals surface area contributed by atoms with Gasteiger partial charge < -0.3 is 15.2 Å². The van der Waals surface area contributed by atoms with Crippen molar-refractivity contribution in [1.29, 1.82) is 0 Å². The van der Waals surface area contributed by atoms with Crippen LogP contribution >= 0.6 is 0 Å². The minimum Gasteiger partial charge on any atom is -0.490 e. The van der Waals surface area contributed by atoms with Gasteiger partial charge in [-0.15, -0.1) is 0 Å². The van der Waals surface area contributed by atoms with Gasteiger partial charge in [0.05, 0.1) is 0 Å². The number of carbonyl (C=O) groups excluding carboxylic acids is 1. The Bertz CT molecular complexity index is 361. The molecule has 0 amide bonds. The van der Waals surface area contributed by atoms with E-state index >= 15 is 0 Å². The molecular formula is C14H21NO3. The summed E-state index contributed by atoms with van der Waals surface area (Å²) >= 11 is 0. The summed E-state index contributed by atoms with van der Waals surface area (Å²) in [6.45, 7) is 4.31. The van der Waals surface area contributed by atoms with Gasteiger partial charge in [0.2, 0.25) is 0 Å². The Labute approximate surface area is 108 Å². The highest BCUT2D eigenvalue weighted by molar-refractivity contribution is 5.80. The van der Waals surface area contributed by atoms with Gasteiger partial charge in [-0.1, -0.05) is 32.0 Å². The summed E-state index contributed by atoms with van der Waals surface area (Å²) in [4.78, 5) is 11.7. The molecule has 1 aromatic carbocycles. The number of rotatable bonds is 7. The lowest BCUT2D eigenvalue weighted by atomic mass is 9.95. The van der Waals surface area contributed by atoms with Crippen LogP contribution in [0.25, 0.3) is 0 Å². The van der Waals surface area contributed by atoms with E-state index in [4.69, 9.17) is 15.2 Å². The lowest BCUT2D eigenvalue weighted by Crippen LogP contribution is -2.48. The zero-order valence-electron chi connectivity index (χ0n) is 11.0. The van der Waals surface area contributed by atoms with Gasteiger partial charge in [0, 0.05) is 0 Å². The summed E-state index contributed by atoms with van der Waals surface area (Å²) < 4.78 is 10.5. The van der Waals surface area contributed by atoms with Crippen LogP contribution < -0.4 is 10.5 Å². The largest absolute Gasteiger partial charge is 0.490 e. The van der Waals surface area contributed by atoms with E-state index in [-0.39, 0.29) is 12.6 Å². The van der Waals surface area contributed by atoms with Gasteiger partial charge in [0.15, 0.2) is 0 Å². The molecule has 0 spiro atoms.